The third-order valence-electron chi connectivity index (χ3n) is 2.29. The Morgan fingerprint density at radius 2 is 2.07 bits per heavy atom. The molecule has 1 heterocycles. The van der Waals surface area contributed by atoms with Gasteiger partial charge < -0.3 is 10.4 Å². The first-order valence-electron chi connectivity index (χ1n) is 4.43. The van der Waals surface area contributed by atoms with Crippen molar-refractivity contribution in [2.45, 2.75) is 25.3 Å². The number of rotatable bonds is 3. The van der Waals surface area contributed by atoms with E-state index in [-0.39, 0.29) is 0 Å². The molecule has 2 rings (SSSR count). The maximum atomic E-state index is 10.8. The van der Waals surface area contributed by atoms with Crippen molar-refractivity contribution in [2.75, 3.05) is 5.32 Å². The van der Waals surface area contributed by atoms with Crippen LogP contribution in [0.2, 0.25) is 0 Å². The first-order valence-corrected chi connectivity index (χ1v) is 4.43. The summed E-state index contributed by atoms with van der Waals surface area (Å²) in [5.41, 5.74) is 0.144. The second-order valence-electron chi connectivity index (χ2n) is 3.60. The fourth-order valence-electron chi connectivity index (χ4n) is 1.19. The maximum Gasteiger partial charge on any atom is 0.329 e. The van der Waals surface area contributed by atoms with Crippen molar-refractivity contribution >= 4 is 11.9 Å². The fourth-order valence-corrected chi connectivity index (χ4v) is 1.19. The molecule has 74 valence electrons. The Morgan fingerprint density at radius 1 is 1.50 bits per heavy atom. The molecular weight excluding hydrogens is 182 g/mol. The van der Waals surface area contributed by atoms with Crippen LogP contribution in [0.5, 0.6) is 0 Å². The minimum Gasteiger partial charge on any atom is -0.480 e. The SMILES string of the molecule is Cc1cnc(NC2(C(=O)O)CC2)nc1. The van der Waals surface area contributed by atoms with Crippen LogP contribution < -0.4 is 5.32 Å². The second-order valence-corrected chi connectivity index (χ2v) is 3.60. The maximum absolute atomic E-state index is 10.8. The summed E-state index contributed by atoms with van der Waals surface area (Å²) >= 11 is 0. The first-order chi connectivity index (χ1) is 6.62. The van der Waals surface area contributed by atoms with Gasteiger partial charge in [0.15, 0.2) is 0 Å². The van der Waals surface area contributed by atoms with Crippen molar-refractivity contribution in [1.82, 2.24) is 9.97 Å². The van der Waals surface area contributed by atoms with Gasteiger partial charge in [0.2, 0.25) is 5.95 Å². The summed E-state index contributed by atoms with van der Waals surface area (Å²) in [7, 11) is 0. The Hall–Kier alpha value is -1.65. The standard InChI is InChI=1S/C9H11N3O2/c1-6-4-10-8(11-5-6)12-9(2-3-9)7(13)14/h4-5H,2-3H2,1H3,(H,13,14)(H,10,11,12). The van der Waals surface area contributed by atoms with Crippen LogP contribution in [-0.2, 0) is 4.79 Å². The monoisotopic (exact) mass is 193 g/mol. The average molecular weight is 193 g/mol. The summed E-state index contributed by atoms with van der Waals surface area (Å²) in [5.74, 6) is -0.447. The molecule has 0 bridgehead atoms. The van der Waals surface area contributed by atoms with E-state index >= 15 is 0 Å². The molecule has 1 aromatic heterocycles. The highest BCUT2D eigenvalue weighted by molar-refractivity contribution is 5.85. The number of aromatic nitrogens is 2. The molecule has 14 heavy (non-hydrogen) atoms. The van der Waals surface area contributed by atoms with Crippen molar-refractivity contribution < 1.29 is 9.90 Å². The average Bonchev–Trinajstić information content (AvgIpc) is 2.90. The van der Waals surface area contributed by atoms with Gasteiger partial charge in [-0.15, -0.1) is 0 Å². The highest BCUT2D eigenvalue weighted by atomic mass is 16.4. The van der Waals surface area contributed by atoms with Gasteiger partial charge in [-0.3, -0.25) is 0 Å². The quantitative estimate of drug-likeness (QED) is 0.743. The van der Waals surface area contributed by atoms with E-state index in [4.69, 9.17) is 5.11 Å². The third kappa shape index (κ3) is 1.53. The number of carboxylic acids is 1. The van der Waals surface area contributed by atoms with Gasteiger partial charge in [-0.2, -0.15) is 0 Å². The summed E-state index contributed by atoms with van der Waals surface area (Å²) < 4.78 is 0. The predicted octanol–water partition coefficient (Wildman–Crippen LogP) is 0.814. The van der Waals surface area contributed by atoms with Crippen molar-refractivity contribution in [2.24, 2.45) is 0 Å². The summed E-state index contributed by atoms with van der Waals surface area (Å²) in [5, 5.41) is 11.7. The molecule has 0 aliphatic heterocycles. The number of aryl methyl sites for hydroxylation is 1. The smallest absolute Gasteiger partial charge is 0.329 e. The number of nitrogens with one attached hydrogen (secondary N) is 1. The van der Waals surface area contributed by atoms with Gasteiger partial charge >= 0.3 is 5.97 Å². The van der Waals surface area contributed by atoms with Crippen LogP contribution in [0.3, 0.4) is 0 Å². The molecule has 0 amide bonds. The topological polar surface area (TPSA) is 75.1 Å². The van der Waals surface area contributed by atoms with Crippen molar-refractivity contribution in [1.29, 1.82) is 0 Å². The molecule has 0 spiro atoms. The number of nitrogens with zero attached hydrogens (tertiary/aromatic N) is 2. The van der Waals surface area contributed by atoms with Crippen LogP contribution in [0.1, 0.15) is 18.4 Å². The Kier molecular flexibility index (Phi) is 1.87. The molecule has 1 aromatic rings. The molecule has 0 radical (unpaired) electrons. The Balaban J connectivity index is 2.11. The molecule has 1 aliphatic rings. The van der Waals surface area contributed by atoms with Crippen molar-refractivity contribution in [3.8, 4) is 0 Å². The van der Waals surface area contributed by atoms with E-state index in [1.165, 1.54) is 0 Å². The predicted molar refractivity (Wildman–Crippen MR) is 50.0 cm³/mol. The largest absolute Gasteiger partial charge is 0.480 e. The number of aliphatic carboxylic acids is 1. The zero-order valence-electron chi connectivity index (χ0n) is 7.82. The highest BCUT2D eigenvalue weighted by Gasteiger charge is 2.51. The molecule has 1 saturated carbocycles. The lowest BCUT2D eigenvalue weighted by molar-refractivity contribution is -0.138. The van der Waals surface area contributed by atoms with Crippen LogP contribution in [0.4, 0.5) is 5.95 Å². The summed E-state index contributed by atoms with van der Waals surface area (Å²) in [4.78, 5) is 18.8. The fraction of sp³-hybridized carbons (Fsp3) is 0.444. The van der Waals surface area contributed by atoms with Crippen LogP contribution in [-0.4, -0.2) is 26.6 Å². The van der Waals surface area contributed by atoms with E-state index < -0.39 is 11.5 Å². The molecule has 1 fully saturated rings. The van der Waals surface area contributed by atoms with Gasteiger partial charge in [-0.05, 0) is 25.3 Å². The van der Waals surface area contributed by atoms with Gasteiger partial charge in [0.1, 0.15) is 5.54 Å². The van der Waals surface area contributed by atoms with E-state index in [0.29, 0.717) is 18.8 Å². The first kappa shape index (κ1) is 8.93. The van der Waals surface area contributed by atoms with E-state index in [1.807, 2.05) is 6.92 Å². The summed E-state index contributed by atoms with van der Waals surface area (Å²) in [6.45, 7) is 1.88. The van der Waals surface area contributed by atoms with Gasteiger partial charge in [0.05, 0.1) is 0 Å². The Bertz CT molecular complexity index is 357. The molecular formula is C9H11N3O2. The number of carboxylic acid groups (broad SMARTS) is 1. The molecule has 0 saturated heterocycles. The van der Waals surface area contributed by atoms with E-state index in [2.05, 4.69) is 15.3 Å². The van der Waals surface area contributed by atoms with Crippen LogP contribution in [0.15, 0.2) is 12.4 Å². The number of hydrogen-bond acceptors (Lipinski definition) is 4. The molecule has 0 unspecified atom stereocenters. The lowest BCUT2D eigenvalue weighted by atomic mass is 10.3. The van der Waals surface area contributed by atoms with E-state index in [9.17, 15) is 4.79 Å². The molecule has 5 heteroatoms. The van der Waals surface area contributed by atoms with E-state index in [1.54, 1.807) is 12.4 Å². The highest BCUT2D eigenvalue weighted by Crippen LogP contribution is 2.38. The van der Waals surface area contributed by atoms with Crippen molar-refractivity contribution in [3.05, 3.63) is 18.0 Å². The number of anilines is 1. The van der Waals surface area contributed by atoms with Gasteiger partial charge in [-0.1, -0.05) is 0 Å². The second kappa shape index (κ2) is 2.94. The number of carbonyl (C=O) groups is 1. The minimum absolute atomic E-state index is 0.385. The number of hydrogen-bond donors (Lipinski definition) is 2. The summed E-state index contributed by atoms with van der Waals surface area (Å²) in [6.07, 6.45) is 4.60. The van der Waals surface area contributed by atoms with E-state index in [0.717, 1.165) is 5.56 Å². The van der Waals surface area contributed by atoms with Crippen LogP contribution in [0, 0.1) is 6.92 Å². The molecule has 0 atom stereocenters. The normalized spacial score (nSPS) is 17.5. The zero-order chi connectivity index (χ0) is 10.2. The minimum atomic E-state index is -0.832. The Morgan fingerprint density at radius 3 is 2.50 bits per heavy atom. The van der Waals surface area contributed by atoms with Crippen LogP contribution in [0.25, 0.3) is 0 Å². The molecule has 1 aliphatic carbocycles. The van der Waals surface area contributed by atoms with Gasteiger partial charge in [-0.25, -0.2) is 14.8 Å². The third-order valence-corrected chi connectivity index (χ3v) is 2.29. The summed E-state index contributed by atoms with van der Waals surface area (Å²) in [6, 6.07) is 0. The van der Waals surface area contributed by atoms with Gasteiger partial charge in [0, 0.05) is 12.4 Å². The molecule has 5 nitrogen and oxygen atoms in total. The zero-order valence-corrected chi connectivity index (χ0v) is 7.82. The lowest BCUT2D eigenvalue weighted by Gasteiger charge is -2.11. The lowest BCUT2D eigenvalue weighted by Crippen LogP contribution is -2.32. The molecule has 0 aromatic carbocycles. The van der Waals surface area contributed by atoms with Gasteiger partial charge in [0.25, 0.3) is 0 Å². The van der Waals surface area contributed by atoms with Crippen molar-refractivity contribution in [3.63, 3.8) is 0 Å². The van der Waals surface area contributed by atoms with Crippen LogP contribution >= 0.6 is 0 Å². The Labute approximate surface area is 81.2 Å². The molecule has 2 N–H and O–H groups in total.